The second-order valence-electron chi connectivity index (χ2n) is 9.04. The van der Waals surface area contributed by atoms with Gasteiger partial charge in [0.15, 0.2) is 16.6 Å². The van der Waals surface area contributed by atoms with E-state index >= 15 is 0 Å². The number of thiocarbonyl (C=S) groups is 1. The number of hydrogen-bond acceptors (Lipinski definition) is 5. The number of halogens is 1. The van der Waals surface area contributed by atoms with Crippen LogP contribution in [-0.2, 0) is 22.6 Å². The first-order valence-electron chi connectivity index (χ1n) is 12.5. The van der Waals surface area contributed by atoms with Crippen molar-refractivity contribution in [3.8, 4) is 11.5 Å². The lowest BCUT2D eigenvalue weighted by Gasteiger charge is -2.29. The molecular weight excluding hydrogens is 527 g/mol. The summed E-state index contributed by atoms with van der Waals surface area (Å²) in [6, 6.07) is 23.3. The molecule has 2 amide bonds. The van der Waals surface area contributed by atoms with Gasteiger partial charge in [-0.15, -0.1) is 6.58 Å². The van der Waals surface area contributed by atoms with E-state index in [9.17, 15) is 14.0 Å². The summed E-state index contributed by atoms with van der Waals surface area (Å²) in [5.41, 5.74) is 2.04. The van der Waals surface area contributed by atoms with Gasteiger partial charge in [-0.25, -0.2) is 9.29 Å². The van der Waals surface area contributed by atoms with Crippen molar-refractivity contribution in [3.05, 3.63) is 120 Å². The molecule has 40 heavy (non-hydrogen) atoms. The molecule has 4 aromatic carbocycles. The Balaban J connectivity index is 1.51. The molecule has 1 saturated heterocycles. The Hall–Kier alpha value is -4.82. The molecule has 0 aliphatic carbocycles. The second-order valence-corrected chi connectivity index (χ2v) is 9.43. The molecule has 5 rings (SSSR count). The molecule has 1 heterocycles. The highest BCUT2D eigenvalue weighted by Gasteiger charge is 2.35. The molecule has 1 fully saturated rings. The summed E-state index contributed by atoms with van der Waals surface area (Å²) in [6.07, 6.45) is 3.61. The summed E-state index contributed by atoms with van der Waals surface area (Å²) in [7, 11) is 1.52. The molecule has 1 N–H and O–H groups in total. The average molecular weight is 553 g/mol. The summed E-state index contributed by atoms with van der Waals surface area (Å²) >= 11 is 5.18. The summed E-state index contributed by atoms with van der Waals surface area (Å²) in [5, 5.41) is 4.49. The van der Waals surface area contributed by atoms with Gasteiger partial charge in [0.05, 0.1) is 12.8 Å². The fourth-order valence-electron chi connectivity index (χ4n) is 4.63. The minimum Gasteiger partial charge on any atom is -0.493 e. The summed E-state index contributed by atoms with van der Waals surface area (Å²) in [5.74, 6) is -1.10. The molecule has 0 unspecified atom stereocenters. The van der Waals surface area contributed by atoms with Gasteiger partial charge in [-0.2, -0.15) is 0 Å². The van der Waals surface area contributed by atoms with Crippen molar-refractivity contribution in [2.75, 3.05) is 12.0 Å². The predicted molar refractivity (Wildman–Crippen MR) is 158 cm³/mol. The molecule has 0 spiro atoms. The topological polar surface area (TPSA) is 67.9 Å². The van der Waals surface area contributed by atoms with Crippen LogP contribution in [0.3, 0.4) is 0 Å². The normalized spacial score (nSPS) is 14.4. The van der Waals surface area contributed by atoms with E-state index in [1.807, 2.05) is 42.5 Å². The van der Waals surface area contributed by atoms with Gasteiger partial charge < -0.3 is 9.47 Å². The first-order chi connectivity index (χ1) is 19.4. The zero-order valence-corrected chi connectivity index (χ0v) is 22.5. The van der Waals surface area contributed by atoms with Gasteiger partial charge in [0, 0.05) is 5.56 Å². The fraction of sp³-hybridized carbons (Fsp3) is 0.0938. The van der Waals surface area contributed by atoms with E-state index in [0.717, 1.165) is 26.8 Å². The van der Waals surface area contributed by atoms with Gasteiger partial charge in [-0.05, 0) is 70.9 Å². The molecule has 4 aromatic rings. The third kappa shape index (κ3) is 5.21. The van der Waals surface area contributed by atoms with E-state index in [4.69, 9.17) is 21.7 Å². The number of rotatable bonds is 8. The highest BCUT2D eigenvalue weighted by molar-refractivity contribution is 7.80. The zero-order valence-electron chi connectivity index (χ0n) is 21.6. The fourth-order valence-corrected chi connectivity index (χ4v) is 4.91. The molecule has 200 valence electrons. The minimum absolute atomic E-state index is 0.0505. The number of benzene rings is 4. The number of fused-ring (bicyclic) bond motifs is 1. The summed E-state index contributed by atoms with van der Waals surface area (Å²) < 4.78 is 26.5. The Labute approximate surface area is 236 Å². The van der Waals surface area contributed by atoms with E-state index in [-0.39, 0.29) is 16.4 Å². The van der Waals surface area contributed by atoms with Crippen LogP contribution in [0.4, 0.5) is 10.1 Å². The number of methoxy groups -OCH3 is 1. The number of carbonyl (C=O) groups excluding carboxylic acids is 2. The third-order valence-corrected chi connectivity index (χ3v) is 6.78. The summed E-state index contributed by atoms with van der Waals surface area (Å²) in [6.45, 7) is 4.16. The first kappa shape index (κ1) is 26.8. The van der Waals surface area contributed by atoms with E-state index in [1.165, 1.54) is 31.4 Å². The van der Waals surface area contributed by atoms with E-state index in [2.05, 4.69) is 11.9 Å². The number of anilines is 1. The van der Waals surface area contributed by atoms with Gasteiger partial charge in [0.1, 0.15) is 18.0 Å². The first-order valence-corrected chi connectivity index (χ1v) is 12.9. The van der Waals surface area contributed by atoms with Crippen LogP contribution >= 0.6 is 12.2 Å². The highest BCUT2D eigenvalue weighted by atomic mass is 32.1. The lowest BCUT2D eigenvalue weighted by atomic mass is 10.0. The van der Waals surface area contributed by atoms with Crippen LogP contribution in [0.15, 0.2) is 97.1 Å². The van der Waals surface area contributed by atoms with Gasteiger partial charge in [0.25, 0.3) is 11.8 Å². The van der Waals surface area contributed by atoms with Gasteiger partial charge >= 0.3 is 0 Å². The third-order valence-electron chi connectivity index (χ3n) is 6.50. The quantitative estimate of drug-likeness (QED) is 0.123. The number of ether oxygens (including phenoxy) is 2. The molecule has 1 aliphatic rings. The van der Waals surface area contributed by atoms with Crippen LogP contribution in [-0.4, -0.2) is 24.0 Å². The van der Waals surface area contributed by atoms with E-state index in [0.29, 0.717) is 30.1 Å². The second kappa shape index (κ2) is 11.5. The van der Waals surface area contributed by atoms with Crippen molar-refractivity contribution < 1.29 is 23.5 Å². The van der Waals surface area contributed by atoms with Crippen LogP contribution in [0.5, 0.6) is 11.5 Å². The number of para-hydroxylation sites is 1. The largest absolute Gasteiger partial charge is 0.493 e. The predicted octanol–water partition coefficient (Wildman–Crippen LogP) is 6.13. The maximum Gasteiger partial charge on any atom is 0.270 e. The highest BCUT2D eigenvalue weighted by Crippen LogP contribution is 2.36. The SMILES string of the molecule is C=CCc1cc(/C=C2\C(=O)NC(=S)N(c3ccccc3F)C2=O)cc(OC)c1OCc1cccc2ccccc12. The van der Waals surface area contributed by atoms with E-state index in [1.54, 1.807) is 24.3 Å². The molecule has 0 bridgehead atoms. The Bertz CT molecular complexity index is 1690. The minimum atomic E-state index is -0.737. The van der Waals surface area contributed by atoms with E-state index < -0.39 is 17.6 Å². The van der Waals surface area contributed by atoms with Crippen LogP contribution in [0, 0.1) is 5.82 Å². The molecule has 6 nitrogen and oxygen atoms in total. The van der Waals surface area contributed by atoms with Crippen molar-refractivity contribution in [3.63, 3.8) is 0 Å². The lowest BCUT2D eigenvalue weighted by molar-refractivity contribution is -0.122. The standard InChI is InChI=1S/C32H25FN2O4S/c1-3-9-22-16-20(17-25-30(36)34-32(40)35(31(25)37)27-15-7-6-14-26(27)33)18-28(38-2)29(22)39-19-23-12-8-11-21-10-4-5-13-24(21)23/h3-8,10-18H,1,9,19H2,2H3,(H,34,36,40)/b25-17+. The van der Waals surface area contributed by atoms with Crippen LogP contribution in [0.25, 0.3) is 16.8 Å². The molecule has 0 radical (unpaired) electrons. The maximum absolute atomic E-state index is 14.5. The Morgan fingerprint density at radius 1 is 1.00 bits per heavy atom. The van der Waals surface area contributed by atoms with Crippen LogP contribution < -0.4 is 19.7 Å². The zero-order chi connectivity index (χ0) is 28.2. The number of carbonyl (C=O) groups is 2. The average Bonchev–Trinajstić information content (AvgIpc) is 2.95. The molecular formula is C32H25FN2O4S. The van der Waals surface area contributed by atoms with Crippen molar-refractivity contribution in [2.45, 2.75) is 13.0 Å². The monoisotopic (exact) mass is 552 g/mol. The van der Waals surface area contributed by atoms with Crippen molar-refractivity contribution >= 4 is 51.7 Å². The number of allylic oxidation sites excluding steroid dienone is 1. The number of nitrogens with zero attached hydrogens (tertiary/aromatic N) is 1. The Morgan fingerprint density at radius 3 is 2.52 bits per heavy atom. The number of hydrogen-bond donors (Lipinski definition) is 1. The van der Waals surface area contributed by atoms with Crippen LogP contribution in [0.2, 0.25) is 0 Å². The van der Waals surface area contributed by atoms with Crippen molar-refractivity contribution in [1.29, 1.82) is 0 Å². The van der Waals surface area contributed by atoms with Gasteiger partial charge in [0.2, 0.25) is 0 Å². The van der Waals surface area contributed by atoms with Gasteiger partial charge in [-0.3, -0.25) is 14.9 Å². The van der Waals surface area contributed by atoms with Crippen LogP contribution in [0.1, 0.15) is 16.7 Å². The van der Waals surface area contributed by atoms with Gasteiger partial charge in [-0.1, -0.05) is 60.7 Å². The van der Waals surface area contributed by atoms with Crippen molar-refractivity contribution in [1.82, 2.24) is 5.32 Å². The van der Waals surface area contributed by atoms with Crippen molar-refractivity contribution in [2.24, 2.45) is 0 Å². The lowest BCUT2D eigenvalue weighted by Crippen LogP contribution is -2.54. The Morgan fingerprint density at radius 2 is 1.75 bits per heavy atom. The molecule has 0 saturated carbocycles. The number of nitrogens with one attached hydrogen (secondary N) is 1. The molecule has 8 heteroatoms. The Kier molecular flexibility index (Phi) is 7.70. The molecule has 0 atom stereocenters. The number of amides is 2. The molecule has 1 aliphatic heterocycles. The maximum atomic E-state index is 14.5. The smallest absolute Gasteiger partial charge is 0.270 e. The molecule has 0 aromatic heterocycles. The summed E-state index contributed by atoms with van der Waals surface area (Å²) in [4.78, 5) is 27.1.